The number of aromatic nitrogens is 1. The van der Waals surface area contributed by atoms with E-state index in [1.54, 1.807) is 12.1 Å². The molecule has 3 N–H and O–H groups in total. The van der Waals surface area contributed by atoms with E-state index in [2.05, 4.69) is 17.7 Å². The SMILES string of the molecule is CC(CN)c1cn(C)c2ccc(O)cc12. The fourth-order valence-corrected chi connectivity index (χ4v) is 1.93. The largest absolute Gasteiger partial charge is 0.508 e. The molecular formula is C12H16N2O. The molecule has 1 aromatic heterocycles. The molecule has 0 bridgehead atoms. The number of rotatable bonds is 2. The number of phenols is 1. The molecule has 1 heterocycles. The van der Waals surface area contributed by atoms with Gasteiger partial charge in [0.15, 0.2) is 0 Å². The second kappa shape index (κ2) is 3.59. The summed E-state index contributed by atoms with van der Waals surface area (Å²) in [5.74, 6) is 0.620. The van der Waals surface area contributed by atoms with Gasteiger partial charge in [0, 0.05) is 24.1 Å². The highest BCUT2D eigenvalue weighted by atomic mass is 16.3. The second-order valence-corrected chi connectivity index (χ2v) is 4.03. The lowest BCUT2D eigenvalue weighted by atomic mass is 10.0. The minimum atomic E-state index is 0.305. The Morgan fingerprint density at radius 2 is 2.20 bits per heavy atom. The molecular weight excluding hydrogens is 188 g/mol. The van der Waals surface area contributed by atoms with Gasteiger partial charge in [-0.3, -0.25) is 0 Å². The lowest BCUT2D eigenvalue weighted by Gasteiger charge is -2.06. The van der Waals surface area contributed by atoms with E-state index in [1.165, 1.54) is 5.56 Å². The molecule has 0 saturated carbocycles. The van der Waals surface area contributed by atoms with Crippen LogP contribution in [-0.4, -0.2) is 16.2 Å². The zero-order valence-electron chi connectivity index (χ0n) is 9.07. The van der Waals surface area contributed by atoms with Gasteiger partial charge in [-0.2, -0.15) is 0 Å². The van der Waals surface area contributed by atoms with Crippen LogP contribution in [0.3, 0.4) is 0 Å². The second-order valence-electron chi connectivity index (χ2n) is 4.03. The molecule has 3 nitrogen and oxygen atoms in total. The monoisotopic (exact) mass is 204 g/mol. The summed E-state index contributed by atoms with van der Waals surface area (Å²) in [5.41, 5.74) is 8.00. The molecule has 2 aromatic rings. The molecule has 0 amide bonds. The molecule has 0 fully saturated rings. The summed E-state index contributed by atoms with van der Waals surface area (Å²) in [6.45, 7) is 2.72. The standard InChI is InChI=1S/C12H16N2O/c1-8(6-13)11-7-14(2)12-4-3-9(15)5-10(11)12/h3-5,7-8,15H,6,13H2,1-2H3. The Labute approximate surface area is 89.1 Å². The topological polar surface area (TPSA) is 51.2 Å². The summed E-state index contributed by atoms with van der Waals surface area (Å²) in [6.07, 6.45) is 2.08. The molecule has 3 heteroatoms. The van der Waals surface area contributed by atoms with E-state index < -0.39 is 0 Å². The maximum Gasteiger partial charge on any atom is 0.116 e. The van der Waals surface area contributed by atoms with Gasteiger partial charge >= 0.3 is 0 Å². The maximum absolute atomic E-state index is 9.48. The molecule has 1 unspecified atom stereocenters. The fourth-order valence-electron chi connectivity index (χ4n) is 1.93. The smallest absolute Gasteiger partial charge is 0.116 e. The van der Waals surface area contributed by atoms with E-state index in [0.29, 0.717) is 18.2 Å². The molecule has 0 aliphatic rings. The summed E-state index contributed by atoms with van der Waals surface area (Å²) < 4.78 is 2.07. The Balaban J connectivity index is 2.69. The molecule has 0 aliphatic heterocycles. The third-order valence-electron chi connectivity index (χ3n) is 2.89. The van der Waals surface area contributed by atoms with E-state index in [9.17, 15) is 5.11 Å². The van der Waals surface area contributed by atoms with Crippen molar-refractivity contribution in [3.05, 3.63) is 30.0 Å². The number of hydrogen-bond donors (Lipinski definition) is 2. The van der Waals surface area contributed by atoms with Crippen molar-refractivity contribution in [1.82, 2.24) is 4.57 Å². The molecule has 1 aromatic carbocycles. The van der Waals surface area contributed by atoms with Crippen molar-refractivity contribution in [2.45, 2.75) is 12.8 Å². The van der Waals surface area contributed by atoms with Crippen molar-refractivity contribution in [1.29, 1.82) is 0 Å². The number of aromatic hydroxyl groups is 1. The Hall–Kier alpha value is -1.48. The molecule has 1 atom stereocenters. The average Bonchev–Trinajstić information content (AvgIpc) is 2.54. The summed E-state index contributed by atoms with van der Waals surface area (Å²) >= 11 is 0. The van der Waals surface area contributed by atoms with Crippen LogP contribution in [0, 0.1) is 0 Å². The van der Waals surface area contributed by atoms with Crippen LogP contribution in [0.4, 0.5) is 0 Å². The molecule has 0 aliphatic carbocycles. The van der Waals surface area contributed by atoms with Crippen LogP contribution in [0.15, 0.2) is 24.4 Å². The molecule has 0 spiro atoms. The predicted molar refractivity (Wildman–Crippen MR) is 62.1 cm³/mol. The Morgan fingerprint density at radius 3 is 2.87 bits per heavy atom. The summed E-state index contributed by atoms with van der Waals surface area (Å²) in [5, 5.41) is 10.6. The summed E-state index contributed by atoms with van der Waals surface area (Å²) in [7, 11) is 2.01. The first-order valence-corrected chi connectivity index (χ1v) is 5.11. The van der Waals surface area contributed by atoms with Crippen molar-refractivity contribution < 1.29 is 5.11 Å². The molecule has 0 saturated heterocycles. The van der Waals surface area contributed by atoms with Crippen molar-refractivity contribution >= 4 is 10.9 Å². The van der Waals surface area contributed by atoms with Crippen LogP contribution < -0.4 is 5.73 Å². The minimum Gasteiger partial charge on any atom is -0.508 e. The Bertz CT molecular complexity index is 488. The number of nitrogens with zero attached hydrogens (tertiary/aromatic N) is 1. The van der Waals surface area contributed by atoms with Gasteiger partial charge in [0.25, 0.3) is 0 Å². The van der Waals surface area contributed by atoms with Crippen molar-refractivity contribution in [3.8, 4) is 5.75 Å². The quantitative estimate of drug-likeness (QED) is 0.785. The van der Waals surface area contributed by atoms with Crippen LogP contribution in [0.1, 0.15) is 18.4 Å². The predicted octanol–water partition coefficient (Wildman–Crippen LogP) is 1.95. The minimum absolute atomic E-state index is 0.305. The van der Waals surface area contributed by atoms with Gasteiger partial charge in [-0.1, -0.05) is 6.92 Å². The third-order valence-corrected chi connectivity index (χ3v) is 2.89. The van der Waals surface area contributed by atoms with Crippen molar-refractivity contribution in [3.63, 3.8) is 0 Å². The average molecular weight is 204 g/mol. The fraction of sp³-hybridized carbons (Fsp3) is 0.333. The number of nitrogens with two attached hydrogens (primary N) is 1. The van der Waals surface area contributed by atoms with Gasteiger partial charge in [-0.15, -0.1) is 0 Å². The summed E-state index contributed by atoms with van der Waals surface area (Å²) in [6, 6.07) is 5.44. The number of phenolic OH excluding ortho intramolecular Hbond substituents is 1. The van der Waals surface area contributed by atoms with Gasteiger partial charge in [0.05, 0.1) is 0 Å². The molecule has 80 valence electrons. The zero-order chi connectivity index (χ0) is 11.0. The summed E-state index contributed by atoms with van der Waals surface area (Å²) in [4.78, 5) is 0. The number of hydrogen-bond acceptors (Lipinski definition) is 2. The van der Waals surface area contributed by atoms with Crippen molar-refractivity contribution in [2.75, 3.05) is 6.54 Å². The van der Waals surface area contributed by atoms with Crippen LogP contribution in [0.25, 0.3) is 10.9 Å². The maximum atomic E-state index is 9.48. The van der Waals surface area contributed by atoms with E-state index >= 15 is 0 Å². The lowest BCUT2D eigenvalue weighted by molar-refractivity contribution is 0.476. The highest BCUT2D eigenvalue weighted by Crippen LogP contribution is 2.29. The van der Waals surface area contributed by atoms with Crippen LogP contribution in [0.2, 0.25) is 0 Å². The number of fused-ring (bicyclic) bond motifs is 1. The molecule has 2 rings (SSSR count). The van der Waals surface area contributed by atoms with Crippen LogP contribution >= 0.6 is 0 Å². The van der Waals surface area contributed by atoms with Crippen molar-refractivity contribution in [2.24, 2.45) is 12.8 Å². The van der Waals surface area contributed by atoms with Crippen LogP contribution in [0.5, 0.6) is 5.75 Å². The van der Waals surface area contributed by atoms with Gasteiger partial charge < -0.3 is 15.4 Å². The van der Waals surface area contributed by atoms with E-state index in [0.717, 1.165) is 10.9 Å². The first-order chi connectivity index (χ1) is 7.13. The highest BCUT2D eigenvalue weighted by molar-refractivity contribution is 5.85. The van der Waals surface area contributed by atoms with E-state index in [1.807, 2.05) is 13.1 Å². The van der Waals surface area contributed by atoms with E-state index in [-0.39, 0.29) is 0 Å². The lowest BCUT2D eigenvalue weighted by Crippen LogP contribution is -2.08. The van der Waals surface area contributed by atoms with Gasteiger partial charge in [-0.25, -0.2) is 0 Å². The molecule has 15 heavy (non-hydrogen) atoms. The van der Waals surface area contributed by atoms with Gasteiger partial charge in [0.1, 0.15) is 5.75 Å². The number of benzene rings is 1. The first kappa shape index (κ1) is 10.1. The van der Waals surface area contributed by atoms with E-state index in [4.69, 9.17) is 5.73 Å². The highest BCUT2D eigenvalue weighted by Gasteiger charge is 2.11. The normalized spacial score (nSPS) is 13.3. The molecule has 0 radical (unpaired) electrons. The number of aryl methyl sites for hydroxylation is 1. The van der Waals surface area contributed by atoms with Gasteiger partial charge in [0.2, 0.25) is 0 Å². The van der Waals surface area contributed by atoms with Gasteiger partial charge in [-0.05, 0) is 36.2 Å². The Morgan fingerprint density at radius 1 is 1.47 bits per heavy atom. The third kappa shape index (κ3) is 1.59. The Kier molecular flexibility index (Phi) is 2.40. The zero-order valence-corrected chi connectivity index (χ0v) is 9.07. The van der Waals surface area contributed by atoms with Crippen LogP contribution in [-0.2, 0) is 7.05 Å². The first-order valence-electron chi connectivity index (χ1n) is 5.11.